The number of carbonyl (C=O) groups excluding carboxylic acids is 1. The Morgan fingerprint density at radius 2 is 1.93 bits per heavy atom. The first-order valence-electron chi connectivity index (χ1n) is 10.2. The Kier molecular flexibility index (Phi) is 7.13. The lowest BCUT2D eigenvalue weighted by Crippen LogP contribution is -2.45. The number of aliphatic hydroxyl groups is 1. The van der Waals surface area contributed by atoms with E-state index in [9.17, 15) is 9.90 Å². The number of pyridine rings is 1. The second kappa shape index (κ2) is 9.27. The molecule has 2 N–H and O–H groups in total. The van der Waals surface area contributed by atoms with Gasteiger partial charge in [0.05, 0.1) is 12.1 Å². The fraction of sp³-hybridized carbons (Fsp3) is 0.545. The molecule has 0 radical (unpaired) electrons. The summed E-state index contributed by atoms with van der Waals surface area (Å²) in [6.45, 7) is 9.63. The molecule has 1 aliphatic rings. The van der Waals surface area contributed by atoms with Gasteiger partial charge in [0.2, 0.25) is 0 Å². The van der Waals surface area contributed by atoms with Crippen LogP contribution in [0.2, 0.25) is 10.2 Å². The molecule has 1 aliphatic heterocycles. The first kappa shape index (κ1) is 23.1. The summed E-state index contributed by atoms with van der Waals surface area (Å²) in [5, 5.41) is 14.8. The molecule has 1 amide bonds. The summed E-state index contributed by atoms with van der Waals surface area (Å²) in [5.74, 6) is 0. The Hall–Kier alpha value is -1.60. The first-order valence-corrected chi connectivity index (χ1v) is 10.9. The van der Waals surface area contributed by atoms with E-state index in [4.69, 9.17) is 27.9 Å². The van der Waals surface area contributed by atoms with Gasteiger partial charge in [0.15, 0.2) is 0 Å². The van der Waals surface area contributed by atoms with Gasteiger partial charge in [0, 0.05) is 41.6 Å². The Morgan fingerprint density at radius 3 is 2.53 bits per heavy atom. The van der Waals surface area contributed by atoms with Crippen molar-refractivity contribution in [3.8, 4) is 0 Å². The zero-order valence-electron chi connectivity index (χ0n) is 17.9. The monoisotopic (exact) mass is 453 g/mol. The number of hydrogen-bond acceptors (Lipinski definition) is 5. The van der Waals surface area contributed by atoms with Crippen LogP contribution in [0.1, 0.15) is 50.3 Å². The number of alkyl carbamates (subject to hydrolysis) is 1. The molecule has 1 fully saturated rings. The van der Waals surface area contributed by atoms with Crippen molar-refractivity contribution in [2.45, 2.75) is 65.3 Å². The van der Waals surface area contributed by atoms with Crippen molar-refractivity contribution in [3.63, 3.8) is 0 Å². The van der Waals surface area contributed by atoms with Crippen LogP contribution >= 0.6 is 23.2 Å². The van der Waals surface area contributed by atoms with Crippen LogP contribution in [0.25, 0.3) is 10.9 Å². The van der Waals surface area contributed by atoms with Gasteiger partial charge < -0.3 is 15.2 Å². The molecule has 0 spiro atoms. The van der Waals surface area contributed by atoms with Crippen LogP contribution in [-0.2, 0) is 17.9 Å². The van der Waals surface area contributed by atoms with Gasteiger partial charge in [-0.05, 0) is 63.8 Å². The number of ether oxygens (including phenoxy) is 1. The number of benzene rings is 1. The predicted octanol–water partition coefficient (Wildman–Crippen LogP) is 4.83. The van der Waals surface area contributed by atoms with Gasteiger partial charge in [-0.2, -0.15) is 0 Å². The number of aliphatic hydroxyl groups excluding tert-OH is 1. The summed E-state index contributed by atoms with van der Waals surface area (Å²) in [7, 11) is 0. The highest BCUT2D eigenvalue weighted by atomic mass is 35.5. The number of piperidine rings is 1. The molecule has 0 saturated carbocycles. The predicted molar refractivity (Wildman–Crippen MR) is 120 cm³/mol. The van der Waals surface area contributed by atoms with Crippen molar-refractivity contribution < 1.29 is 14.6 Å². The molecule has 0 bridgehead atoms. The third-order valence-electron chi connectivity index (χ3n) is 5.28. The van der Waals surface area contributed by atoms with Crippen molar-refractivity contribution in [1.29, 1.82) is 0 Å². The van der Waals surface area contributed by atoms with Crippen LogP contribution in [0.15, 0.2) is 12.1 Å². The van der Waals surface area contributed by atoms with Crippen molar-refractivity contribution in [2.24, 2.45) is 0 Å². The number of rotatable bonds is 4. The fourth-order valence-electron chi connectivity index (χ4n) is 3.74. The van der Waals surface area contributed by atoms with Gasteiger partial charge in [0.1, 0.15) is 10.8 Å². The second-order valence-electron chi connectivity index (χ2n) is 8.83. The molecule has 1 saturated heterocycles. The summed E-state index contributed by atoms with van der Waals surface area (Å²) in [6, 6.07) is 3.92. The number of fused-ring (bicyclic) bond motifs is 1. The Labute approximate surface area is 187 Å². The standard InChI is InChI=1S/C22H29Cl2N3O3/c1-13-9-15-16(17(12-28)20(24)26-19(15)10-18(13)23)11-27-7-5-14(6-8-27)25-21(29)30-22(2,3)4/h9-10,14,28H,5-8,11-12H2,1-4H3,(H,25,29). The number of nitrogens with one attached hydrogen (secondary N) is 1. The maximum absolute atomic E-state index is 12.0. The van der Waals surface area contributed by atoms with E-state index in [-0.39, 0.29) is 18.7 Å². The molecule has 1 aromatic heterocycles. The number of halogens is 2. The Bertz CT molecular complexity index is 936. The molecule has 30 heavy (non-hydrogen) atoms. The molecule has 2 heterocycles. The SMILES string of the molecule is Cc1cc2c(CN3CCC(NC(=O)OC(C)(C)C)CC3)c(CO)c(Cl)nc2cc1Cl. The molecule has 164 valence electrons. The smallest absolute Gasteiger partial charge is 0.407 e. The van der Waals surface area contributed by atoms with Crippen LogP contribution in [0.4, 0.5) is 4.79 Å². The number of likely N-dealkylation sites (tertiary alicyclic amines) is 1. The molecule has 1 aromatic carbocycles. The van der Waals surface area contributed by atoms with Crippen LogP contribution < -0.4 is 5.32 Å². The van der Waals surface area contributed by atoms with Crippen molar-refractivity contribution in [2.75, 3.05) is 13.1 Å². The highest BCUT2D eigenvalue weighted by Crippen LogP contribution is 2.32. The van der Waals surface area contributed by atoms with Crippen LogP contribution in [-0.4, -0.2) is 45.8 Å². The van der Waals surface area contributed by atoms with E-state index in [1.165, 1.54) is 0 Å². The highest BCUT2D eigenvalue weighted by molar-refractivity contribution is 6.32. The minimum atomic E-state index is -0.506. The minimum Gasteiger partial charge on any atom is -0.444 e. The normalized spacial score (nSPS) is 16.1. The number of nitrogens with zero attached hydrogens (tertiary/aromatic N) is 2. The van der Waals surface area contributed by atoms with Gasteiger partial charge in [-0.1, -0.05) is 23.2 Å². The van der Waals surface area contributed by atoms with E-state index >= 15 is 0 Å². The van der Waals surface area contributed by atoms with E-state index in [2.05, 4.69) is 15.2 Å². The topological polar surface area (TPSA) is 74.7 Å². The Morgan fingerprint density at radius 1 is 1.27 bits per heavy atom. The molecule has 0 unspecified atom stereocenters. The average molecular weight is 454 g/mol. The maximum Gasteiger partial charge on any atom is 0.407 e. The largest absolute Gasteiger partial charge is 0.444 e. The molecule has 0 aliphatic carbocycles. The van der Waals surface area contributed by atoms with Crippen LogP contribution in [0.3, 0.4) is 0 Å². The van der Waals surface area contributed by atoms with Crippen molar-refractivity contribution in [3.05, 3.63) is 39.0 Å². The summed E-state index contributed by atoms with van der Waals surface area (Å²) < 4.78 is 5.35. The molecule has 8 heteroatoms. The molecule has 3 rings (SSSR count). The molecule has 2 aromatic rings. The van der Waals surface area contributed by atoms with E-state index in [0.717, 1.165) is 48.0 Å². The van der Waals surface area contributed by atoms with Crippen molar-refractivity contribution >= 4 is 40.2 Å². The second-order valence-corrected chi connectivity index (χ2v) is 9.60. The Balaban J connectivity index is 1.73. The lowest BCUT2D eigenvalue weighted by molar-refractivity contribution is 0.0477. The van der Waals surface area contributed by atoms with Gasteiger partial charge in [-0.3, -0.25) is 4.90 Å². The molecule has 6 nitrogen and oxygen atoms in total. The third-order valence-corrected chi connectivity index (χ3v) is 6.00. The summed E-state index contributed by atoms with van der Waals surface area (Å²) in [5.41, 5.74) is 2.81. The molecular weight excluding hydrogens is 425 g/mol. The van der Waals surface area contributed by atoms with Crippen LogP contribution in [0, 0.1) is 6.92 Å². The lowest BCUT2D eigenvalue weighted by Gasteiger charge is -2.33. The number of carbonyl (C=O) groups is 1. The van der Waals surface area contributed by atoms with E-state index in [1.54, 1.807) is 0 Å². The summed E-state index contributed by atoms with van der Waals surface area (Å²) in [6.07, 6.45) is 1.28. The first-order chi connectivity index (χ1) is 14.1. The molecular formula is C22H29Cl2N3O3. The van der Waals surface area contributed by atoms with Crippen LogP contribution in [0.5, 0.6) is 0 Å². The number of aryl methyl sites for hydroxylation is 1. The quantitative estimate of drug-likeness (QED) is 0.648. The number of hydrogen-bond donors (Lipinski definition) is 2. The number of amides is 1. The third kappa shape index (κ3) is 5.55. The number of aromatic nitrogens is 1. The zero-order chi connectivity index (χ0) is 22.1. The van der Waals surface area contributed by atoms with Gasteiger partial charge in [-0.25, -0.2) is 9.78 Å². The zero-order valence-corrected chi connectivity index (χ0v) is 19.4. The van der Waals surface area contributed by atoms with E-state index in [0.29, 0.717) is 22.3 Å². The van der Waals surface area contributed by atoms with Gasteiger partial charge >= 0.3 is 6.09 Å². The lowest BCUT2D eigenvalue weighted by atomic mass is 9.99. The van der Waals surface area contributed by atoms with Gasteiger partial charge in [-0.15, -0.1) is 0 Å². The summed E-state index contributed by atoms with van der Waals surface area (Å²) >= 11 is 12.6. The maximum atomic E-state index is 12.0. The van der Waals surface area contributed by atoms with E-state index < -0.39 is 5.60 Å². The van der Waals surface area contributed by atoms with E-state index in [1.807, 2.05) is 39.8 Å². The summed E-state index contributed by atoms with van der Waals surface area (Å²) in [4.78, 5) is 18.7. The minimum absolute atomic E-state index is 0.0900. The molecule has 0 atom stereocenters. The fourth-order valence-corrected chi connectivity index (χ4v) is 4.16. The average Bonchev–Trinajstić information content (AvgIpc) is 2.63. The van der Waals surface area contributed by atoms with Gasteiger partial charge in [0.25, 0.3) is 0 Å². The highest BCUT2D eigenvalue weighted by Gasteiger charge is 2.25. The van der Waals surface area contributed by atoms with Crippen molar-refractivity contribution in [1.82, 2.24) is 15.2 Å².